The summed E-state index contributed by atoms with van der Waals surface area (Å²) in [5.74, 6) is 0.649. The van der Waals surface area contributed by atoms with E-state index in [4.69, 9.17) is 4.98 Å². The minimum Gasteiger partial charge on any atom is -0.341 e. The fourth-order valence-corrected chi connectivity index (χ4v) is 2.65. The van der Waals surface area contributed by atoms with Gasteiger partial charge in [-0.15, -0.1) is 0 Å². The lowest BCUT2D eigenvalue weighted by molar-refractivity contribution is 0.628. The Hall–Kier alpha value is -2.95. The van der Waals surface area contributed by atoms with Crippen molar-refractivity contribution in [3.05, 3.63) is 59.7 Å². The standard InChI is InChI=1S/C19H19FN4/c1-4-17-22-18(13-5-8-15(20)9-6-13)19(23-17)14-7-10-16(24-21-3)12(2)11-14/h5-11,24H,3-4H2,1-2H3,(H,22,23). The lowest BCUT2D eigenvalue weighted by Gasteiger charge is -2.08. The van der Waals surface area contributed by atoms with Crippen LogP contribution in [0.2, 0.25) is 0 Å². The average molecular weight is 322 g/mol. The van der Waals surface area contributed by atoms with Crippen molar-refractivity contribution < 1.29 is 4.39 Å². The molecule has 0 radical (unpaired) electrons. The van der Waals surface area contributed by atoms with Crippen molar-refractivity contribution in [1.82, 2.24) is 9.97 Å². The van der Waals surface area contributed by atoms with Crippen LogP contribution >= 0.6 is 0 Å². The fraction of sp³-hybridized carbons (Fsp3) is 0.158. The van der Waals surface area contributed by atoms with E-state index in [1.165, 1.54) is 12.1 Å². The number of hydrazone groups is 1. The molecule has 2 N–H and O–H groups in total. The summed E-state index contributed by atoms with van der Waals surface area (Å²) in [6, 6.07) is 12.4. The van der Waals surface area contributed by atoms with Crippen LogP contribution in [0, 0.1) is 12.7 Å². The summed E-state index contributed by atoms with van der Waals surface area (Å²) in [6.45, 7) is 7.49. The van der Waals surface area contributed by atoms with Crippen LogP contribution in [0.15, 0.2) is 47.6 Å². The van der Waals surface area contributed by atoms with Crippen LogP contribution < -0.4 is 5.43 Å². The summed E-state index contributed by atoms with van der Waals surface area (Å²) in [7, 11) is 0. The maximum atomic E-state index is 13.2. The highest BCUT2D eigenvalue weighted by molar-refractivity contribution is 5.79. The van der Waals surface area contributed by atoms with Gasteiger partial charge in [0.05, 0.1) is 17.1 Å². The lowest BCUT2D eigenvalue weighted by Crippen LogP contribution is -1.92. The molecule has 0 amide bonds. The number of halogens is 1. The molecule has 0 aliphatic rings. The minimum atomic E-state index is -0.251. The molecule has 0 bridgehead atoms. The molecule has 1 aromatic heterocycles. The Morgan fingerprint density at radius 2 is 1.88 bits per heavy atom. The third-order valence-corrected chi connectivity index (χ3v) is 3.92. The molecule has 0 atom stereocenters. The van der Waals surface area contributed by atoms with Crippen LogP contribution in [-0.4, -0.2) is 16.7 Å². The van der Waals surface area contributed by atoms with E-state index in [0.717, 1.165) is 46.0 Å². The molecular weight excluding hydrogens is 303 g/mol. The summed E-state index contributed by atoms with van der Waals surface area (Å²) in [5.41, 5.74) is 8.48. The topological polar surface area (TPSA) is 53.1 Å². The van der Waals surface area contributed by atoms with Gasteiger partial charge in [-0.05, 0) is 48.9 Å². The number of nitrogens with one attached hydrogen (secondary N) is 2. The first kappa shape index (κ1) is 15.9. The SMILES string of the molecule is C=NNc1ccc(-c2nc(CC)[nH]c2-c2ccc(F)cc2)cc1C. The smallest absolute Gasteiger partial charge is 0.123 e. The Labute approximate surface area is 140 Å². The Morgan fingerprint density at radius 1 is 1.17 bits per heavy atom. The molecule has 0 aliphatic carbocycles. The molecule has 2 aromatic carbocycles. The number of aromatic amines is 1. The fourth-order valence-electron chi connectivity index (χ4n) is 2.65. The third kappa shape index (κ3) is 3.06. The normalized spacial score (nSPS) is 10.6. The van der Waals surface area contributed by atoms with Gasteiger partial charge in [0.25, 0.3) is 0 Å². The Kier molecular flexibility index (Phi) is 4.42. The van der Waals surface area contributed by atoms with Crippen LogP contribution in [0.25, 0.3) is 22.5 Å². The van der Waals surface area contributed by atoms with Gasteiger partial charge in [0.1, 0.15) is 11.6 Å². The molecular formula is C19H19FN4. The van der Waals surface area contributed by atoms with E-state index in [1.807, 2.05) is 26.0 Å². The number of aryl methyl sites for hydroxylation is 2. The van der Waals surface area contributed by atoms with Gasteiger partial charge < -0.3 is 4.98 Å². The van der Waals surface area contributed by atoms with Crippen molar-refractivity contribution in [3.63, 3.8) is 0 Å². The first-order chi connectivity index (χ1) is 11.6. The first-order valence-corrected chi connectivity index (χ1v) is 7.80. The number of rotatable bonds is 5. The number of aromatic nitrogens is 2. The molecule has 3 rings (SSSR count). The van der Waals surface area contributed by atoms with Crippen molar-refractivity contribution in [1.29, 1.82) is 0 Å². The zero-order valence-electron chi connectivity index (χ0n) is 13.7. The summed E-state index contributed by atoms with van der Waals surface area (Å²) >= 11 is 0. The van der Waals surface area contributed by atoms with Crippen molar-refractivity contribution in [2.45, 2.75) is 20.3 Å². The molecule has 5 heteroatoms. The van der Waals surface area contributed by atoms with E-state index in [-0.39, 0.29) is 5.82 Å². The third-order valence-electron chi connectivity index (χ3n) is 3.92. The molecule has 4 nitrogen and oxygen atoms in total. The monoisotopic (exact) mass is 322 g/mol. The van der Waals surface area contributed by atoms with Crippen molar-refractivity contribution in [2.75, 3.05) is 5.43 Å². The molecule has 3 aromatic rings. The zero-order chi connectivity index (χ0) is 17.1. The number of hydrogen-bond acceptors (Lipinski definition) is 3. The van der Waals surface area contributed by atoms with Gasteiger partial charge in [-0.3, -0.25) is 5.43 Å². The van der Waals surface area contributed by atoms with E-state index in [9.17, 15) is 4.39 Å². The largest absolute Gasteiger partial charge is 0.341 e. The van der Waals surface area contributed by atoms with Gasteiger partial charge in [0.15, 0.2) is 0 Å². The highest BCUT2D eigenvalue weighted by atomic mass is 19.1. The van der Waals surface area contributed by atoms with E-state index in [0.29, 0.717) is 0 Å². The summed E-state index contributed by atoms with van der Waals surface area (Å²) in [5, 5.41) is 3.70. The first-order valence-electron chi connectivity index (χ1n) is 7.80. The van der Waals surface area contributed by atoms with Crippen LogP contribution in [0.1, 0.15) is 18.3 Å². The van der Waals surface area contributed by atoms with Crippen molar-refractivity contribution in [3.8, 4) is 22.5 Å². The Balaban J connectivity index is 2.10. The van der Waals surface area contributed by atoms with Gasteiger partial charge in [-0.2, -0.15) is 5.10 Å². The van der Waals surface area contributed by atoms with Crippen LogP contribution in [-0.2, 0) is 6.42 Å². The predicted molar refractivity (Wildman–Crippen MR) is 96.7 cm³/mol. The van der Waals surface area contributed by atoms with Crippen LogP contribution in [0.4, 0.5) is 10.1 Å². The van der Waals surface area contributed by atoms with E-state index >= 15 is 0 Å². The van der Waals surface area contributed by atoms with Crippen molar-refractivity contribution in [2.24, 2.45) is 5.10 Å². The molecule has 122 valence electrons. The summed E-state index contributed by atoms with van der Waals surface area (Å²) in [6.07, 6.45) is 0.799. The molecule has 24 heavy (non-hydrogen) atoms. The van der Waals surface area contributed by atoms with Gasteiger partial charge in [0, 0.05) is 24.3 Å². The highest BCUT2D eigenvalue weighted by Gasteiger charge is 2.14. The Bertz CT molecular complexity index is 866. The molecule has 0 spiro atoms. The van der Waals surface area contributed by atoms with Gasteiger partial charge in [-0.25, -0.2) is 9.37 Å². The molecule has 0 fully saturated rings. The highest BCUT2D eigenvalue weighted by Crippen LogP contribution is 2.32. The summed E-state index contributed by atoms with van der Waals surface area (Å²) in [4.78, 5) is 8.06. The number of H-pyrrole nitrogens is 1. The number of benzene rings is 2. The zero-order valence-corrected chi connectivity index (χ0v) is 13.7. The van der Waals surface area contributed by atoms with E-state index in [2.05, 4.69) is 28.3 Å². The quantitative estimate of drug-likeness (QED) is 0.524. The van der Waals surface area contributed by atoms with Gasteiger partial charge in [-0.1, -0.05) is 13.0 Å². The Morgan fingerprint density at radius 3 is 2.50 bits per heavy atom. The van der Waals surface area contributed by atoms with E-state index in [1.54, 1.807) is 12.1 Å². The maximum absolute atomic E-state index is 13.2. The van der Waals surface area contributed by atoms with Gasteiger partial charge >= 0.3 is 0 Å². The lowest BCUT2D eigenvalue weighted by atomic mass is 10.0. The van der Waals surface area contributed by atoms with Crippen LogP contribution in [0.3, 0.4) is 0 Å². The number of anilines is 1. The summed E-state index contributed by atoms with van der Waals surface area (Å²) < 4.78 is 13.2. The molecule has 1 heterocycles. The molecule has 0 aliphatic heterocycles. The minimum absolute atomic E-state index is 0.251. The molecule has 0 saturated carbocycles. The predicted octanol–water partition coefficient (Wildman–Crippen LogP) is 4.78. The van der Waals surface area contributed by atoms with Crippen molar-refractivity contribution >= 4 is 12.4 Å². The number of hydrogen-bond donors (Lipinski definition) is 2. The average Bonchev–Trinajstić information content (AvgIpc) is 3.02. The molecule has 0 unspecified atom stereocenters. The number of imidazole rings is 1. The maximum Gasteiger partial charge on any atom is 0.123 e. The van der Waals surface area contributed by atoms with Gasteiger partial charge in [0.2, 0.25) is 0 Å². The molecule has 0 saturated heterocycles. The van der Waals surface area contributed by atoms with E-state index < -0.39 is 0 Å². The van der Waals surface area contributed by atoms with Crippen LogP contribution in [0.5, 0.6) is 0 Å². The second-order valence-electron chi connectivity index (χ2n) is 5.57. The second-order valence-corrected chi connectivity index (χ2v) is 5.57. The number of nitrogens with zero attached hydrogens (tertiary/aromatic N) is 2. The second kappa shape index (κ2) is 6.66.